The van der Waals surface area contributed by atoms with Crippen LogP contribution in [0.4, 0.5) is 11.4 Å². The number of amides is 1. The maximum atomic E-state index is 12.4. The van der Waals surface area contributed by atoms with Crippen molar-refractivity contribution in [3.63, 3.8) is 0 Å². The summed E-state index contributed by atoms with van der Waals surface area (Å²) in [6.45, 7) is 7.43. The molecule has 32 heavy (non-hydrogen) atoms. The fraction of sp³-hybridized carbons (Fsp3) is 0.462. The second-order valence-corrected chi connectivity index (χ2v) is 8.67. The molecule has 170 valence electrons. The molecule has 2 aromatic rings. The van der Waals surface area contributed by atoms with Crippen molar-refractivity contribution in [1.29, 1.82) is 0 Å². The van der Waals surface area contributed by atoms with Crippen LogP contribution in [0.2, 0.25) is 0 Å². The Bertz CT molecular complexity index is 966. The Balaban J connectivity index is 1.60. The lowest BCUT2D eigenvalue weighted by Crippen LogP contribution is -2.43. The molecule has 0 saturated carbocycles. The van der Waals surface area contributed by atoms with Crippen LogP contribution in [-0.2, 0) is 14.3 Å². The molecular formula is C26H32N2O4. The molecule has 1 saturated heterocycles. The second kappa shape index (κ2) is 9.74. The smallest absolute Gasteiger partial charge is 0.338 e. The molecule has 1 fully saturated rings. The van der Waals surface area contributed by atoms with Gasteiger partial charge in [0.1, 0.15) is 0 Å². The summed E-state index contributed by atoms with van der Waals surface area (Å²) in [6, 6.07) is 14.1. The van der Waals surface area contributed by atoms with Gasteiger partial charge in [0.15, 0.2) is 0 Å². The molecule has 2 atom stereocenters. The Hall–Kier alpha value is -2.86. The molecule has 2 heterocycles. The topological polar surface area (TPSA) is 67.9 Å². The number of rotatable bonds is 5. The summed E-state index contributed by atoms with van der Waals surface area (Å²) >= 11 is 0. The number of carbonyl (C=O) groups is 2. The molecule has 6 nitrogen and oxygen atoms in total. The van der Waals surface area contributed by atoms with E-state index in [1.54, 1.807) is 19.9 Å². The van der Waals surface area contributed by atoms with E-state index in [0.29, 0.717) is 18.1 Å². The van der Waals surface area contributed by atoms with Crippen molar-refractivity contribution in [3.05, 3.63) is 59.2 Å². The number of benzene rings is 2. The van der Waals surface area contributed by atoms with E-state index in [1.807, 2.05) is 17.0 Å². The van der Waals surface area contributed by atoms with Gasteiger partial charge in [0.05, 0.1) is 18.2 Å². The SMILES string of the molecule is CCOC(=O)c1ccc2c(c1)[C@H](Nc1ccc(C3CCOCC3)cc1)C[C@H](C)N2C(C)=O. The van der Waals surface area contributed by atoms with Gasteiger partial charge < -0.3 is 19.7 Å². The first-order valence-electron chi connectivity index (χ1n) is 11.5. The van der Waals surface area contributed by atoms with Crippen molar-refractivity contribution < 1.29 is 19.1 Å². The highest BCUT2D eigenvalue weighted by atomic mass is 16.5. The molecule has 0 radical (unpaired) electrons. The predicted octanol–water partition coefficient (Wildman–Crippen LogP) is 5.06. The van der Waals surface area contributed by atoms with Crippen LogP contribution in [0, 0.1) is 0 Å². The van der Waals surface area contributed by atoms with E-state index in [0.717, 1.165) is 49.4 Å². The molecule has 0 aliphatic carbocycles. The summed E-state index contributed by atoms with van der Waals surface area (Å²) in [5, 5.41) is 3.64. The van der Waals surface area contributed by atoms with Crippen molar-refractivity contribution in [2.24, 2.45) is 0 Å². The average molecular weight is 437 g/mol. The molecule has 0 spiro atoms. The van der Waals surface area contributed by atoms with Crippen LogP contribution in [0.25, 0.3) is 0 Å². The molecule has 1 N–H and O–H groups in total. The van der Waals surface area contributed by atoms with Crippen molar-refractivity contribution in [3.8, 4) is 0 Å². The van der Waals surface area contributed by atoms with Gasteiger partial charge in [0.25, 0.3) is 0 Å². The molecule has 2 aromatic carbocycles. The number of hydrogen-bond acceptors (Lipinski definition) is 5. The minimum atomic E-state index is -0.345. The Morgan fingerprint density at radius 1 is 1.12 bits per heavy atom. The fourth-order valence-electron chi connectivity index (χ4n) is 4.91. The predicted molar refractivity (Wildman–Crippen MR) is 125 cm³/mol. The van der Waals surface area contributed by atoms with E-state index in [-0.39, 0.29) is 24.0 Å². The lowest BCUT2D eigenvalue weighted by Gasteiger charge is -2.39. The first-order valence-corrected chi connectivity index (χ1v) is 11.5. The summed E-state index contributed by atoms with van der Waals surface area (Å²) in [7, 11) is 0. The van der Waals surface area contributed by atoms with Gasteiger partial charge in [0, 0.05) is 37.6 Å². The van der Waals surface area contributed by atoms with E-state index in [9.17, 15) is 9.59 Å². The summed E-state index contributed by atoms with van der Waals surface area (Å²) in [5.41, 5.74) is 4.67. The molecule has 0 bridgehead atoms. The minimum Gasteiger partial charge on any atom is -0.462 e. The number of carbonyl (C=O) groups excluding carboxylic acids is 2. The normalized spacial score (nSPS) is 21.0. The van der Waals surface area contributed by atoms with Gasteiger partial charge in [-0.2, -0.15) is 0 Å². The van der Waals surface area contributed by atoms with E-state index >= 15 is 0 Å². The number of hydrogen-bond donors (Lipinski definition) is 1. The first kappa shape index (κ1) is 22.3. The van der Waals surface area contributed by atoms with Crippen molar-refractivity contribution in [2.75, 3.05) is 30.0 Å². The minimum absolute atomic E-state index is 0.00176. The van der Waals surface area contributed by atoms with Gasteiger partial charge in [0.2, 0.25) is 5.91 Å². The van der Waals surface area contributed by atoms with E-state index in [1.165, 1.54) is 5.56 Å². The van der Waals surface area contributed by atoms with E-state index < -0.39 is 0 Å². The highest BCUT2D eigenvalue weighted by Crippen LogP contribution is 2.40. The number of fused-ring (bicyclic) bond motifs is 1. The molecule has 2 aliphatic rings. The highest BCUT2D eigenvalue weighted by Gasteiger charge is 2.33. The Morgan fingerprint density at radius 3 is 2.50 bits per heavy atom. The average Bonchev–Trinajstić information content (AvgIpc) is 2.80. The Labute approximate surface area is 189 Å². The quantitative estimate of drug-likeness (QED) is 0.664. The summed E-state index contributed by atoms with van der Waals surface area (Å²) in [5.74, 6) is 0.217. The molecule has 0 aromatic heterocycles. The van der Waals surface area contributed by atoms with Gasteiger partial charge in [-0.1, -0.05) is 12.1 Å². The maximum Gasteiger partial charge on any atom is 0.338 e. The van der Waals surface area contributed by atoms with Crippen LogP contribution in [-0.4, -0.2) is 37.7 Å². The Morgan fingerprint density at radius 2 is 1.84 bits per heavy atom. The monoisotopic (exact) mass is 436 g/mol. The third-order valence-electron chi connectivity index (χ3n) is 6.47. The zero-order chi connectivity index (χ0) is 22.7. The van der Waals surface area contributed by atoms with E-state index in [2.05, 4.69) is 36.5 Å². The van der Waals surface area contributed by atoms with Crippen LogP contribution in [0.1, 0.15) is 73.5 Å². The standard InChI is InChI=1S/C26H32N2O4/c1-4-32-26(30)21-7-10-25-23(16-21)24(15-17(2)28(25)18(3)29)27-22-8-5-19(6-9-22)20-11-13-31-14-12-20/h5-10,16-17,20,24,27H,4,11-15H2,1-3H3/t17-,24+/m0/s1. The lowest BCUT2D eigenvalue weighted by atomic mass is 9.89. The molecule has 6 heteroatoms. The summed E-state index contributed by atoms with van der Waals surface area (Å²) < 4.78 is 10.7. The summed E-state index contributed by atoms with van der Waals surface area (Å²) in [6.07, 6.45) is 2.89. The lowest BCUT2D eigenvalue weighted by molar-refractivity contribution is -0.117. The van der Waals surface area contributed by atoms with Crippen LogP contribution < -0.4 is 10.2 Å². The van der Waals surface area contributed by atoms with Crippen LogP contribution in [0.15, 0.2) is 42.5 Å². The zero-order valence-corrected chi connectivity index (χ0v) is 19.1. The van der Waals surface area contributed by atoms with Crippen molar-refractivity contribution in [1.82, 2.24) is 0 Å². The first-order chi connectivity index (χ1) is 15.5. The third kappa shape index (κ3) is 4.65. The molecule has 2 aliphatic heterocycles. The Kier molecular flexibility index (Phi) is 6.80. The fourth-order valence-corrected chi connectivity index (χ4v) is 4.91. The van der Waals surface area contributed by atoms with Crippen molar-refractivity contribution >= 4 is 23.3 Å². The van der Waals surface area contributed by atoms with Crippen LogP contribution >= 0.6 is 0 Å². The number of ether oxygens (including phenoxy) is 2. The van der Waals surface area contributed by atoms with Crippen molar-refractivity contribution in [2.45, 2.75) is 58.0 Å². The van der Waals surface area contributed by atoms with Gasteiger partial charge >= 0.3 is 5.97 Å². The number of esters is 1. The van der Waals surface area contributed by atoms with Crippen LogP contribution in [0.5, 0.6) is 0 Å². The molecule has 4 rings (SSSR count). The zero-order valence-electron chi connectivity index (χ0n) is 19.1. The van der Waals surface area contributed by atoms with Gasteiger partial charge in [-0.25, -0.2) is 4.79 Å². The maximum absolute atomic E-state index is 12.4. The van der Waals surface area contributed by atoms with Crippen LogP contribution in [0.3, 0.4) is 0 Å². The molecular weight excluding hydrogens is 404 g/mol. The number of nitrogens with one attached hydrogen (secondary N) is 1. The van der Waals surface area contributed by atoms with Gasteiger partial charge in [-0.3, -0.25) is 4.79 Å². The second-order valence-electron chi connectivity index (χ2n) is 8.67. The van der Waals surface area contributed by atoms with Gasteiger partial charge in [-0.15, -0.1) is 0 Å². The molecule has 1 amide bonds. The molecule has 0 unspecified atom stereocenters. The van der Waals surface area contributed by atoms with E-state index in [4.69, 9.17) is 9.47 Å². The third-order valence-corrected chi connectivity index (χ3v) is 6.47. The summed E-state index contributed by atoms with van der Waals surface area (Å²) in [4.78, 5) is 26.5. The largest absolute Gasteiger partial charge is 0.462 e. The van der Waals surface area contributed by atoms with Gasteiger partial charge in [-0.05, 0) is 80.5 Å². The number of anilines is 2. The highest BCUT2D eigenvalue weighted by molar-refractivity contribution is 5.96. The number of nitrogens with zero attached hydrogens (tertiary/aromatic N) is 1.